The molecular weight excluding hydrogens is 200 g/mol. The smallest absolute Gasteiger partial charge is 0.200 e. The van der Waals surface area contributed by atoms with Crippen LogP contribution in [0.25, 0.3) is 6.08 Å². The van der Waals surface area contributed by atoms with E-state index in [0.717, 1.165) is 19.0 Å². The molecule has 1 aromatic rings. The van der Waals surface area contributed by atoms with Gasteiger partial charge in [-0.3, -0.25) is 0 Å². The SMILES string of the molecule is CNCCC=Cc1cc(O)c(F)c(F)c1. The van der Waals surface area contributed by atoms with Crippen molar-refractivity contribution in [2.75, 3.05) is 13.6 Å². The molecule has 0 radical (unpaired) electrons. The first-order chi connectivity index (χ1) is 7.15. The van der Waals surface area contributed by atoms with Gasteiger partial charge in [0.1, 0.15) is 0 Å². The van der Waals surface area contributed by atoms with Crippen LogP contribution in [0.3, 0.4) is 0 Å². The zero-order valence-electron chi connectivity index (χ0n) is 8.43. The first-order valence-electron chi connectivity index (χ1n) is 4.64. The van der Waals surface area contributed by atoms with Gasteiger partial charge in [0, 0.05) is 0 Å². The molecular formula is C11H13F2NO. The highest BCUT2D eigenvalue weighted by Crippen LogP contribution is 2.21. The van der Waals surface area contributed by atoms with Crippen LogP contribution in [0.1, 0.15) is 12.0 Å². The van der Waals surface area contributed by atoms with E-state index in [0.29, 0.717) is 5.56 Å². The van der Waals surface area contributed by atoms with Gasteiger partial charge in [0.2, 0.25) is 0 Å². The molecule has 0 aliphatic heterocycles. The molecule has 0 heterocycles. The lowest BCUT2D eigenvalue weighted by atomic mass is 10.1. The van der Waals surface area contributed by atoms with E-state index in [9.17, 15) is 8.78 Å². The number of aromatic hydroxyl groups is 1. The van der Waals surface area contributed by atoms with Crippen LogP contribution in [0.5, 0.6) is 5.75 Å². The molecule has 82 valence electrons. The Morgan fingerprint density at radius 3 is 2.73 bits per heavy atom. The first kappa shape index (κ1) is 11.7. The van der Waals surface area contributed by atoms with E-state index in [1.807, 2.05) is 13.1 Å². The summed E-state index contributed by atoms with van der Waals surface area (Å²) in [5, 5.41) is 12.0. The van der Waals surface area contributed by atoms with Gasteiger partial charge >= 0.3 is 0 Å². The van der Waals surface area contributed by atoms with Crippen molar-refractivity contribution >= 4 is 6.08 Å². The third-order valence-corrected chi connectivity index (χ3v) is 1.90. The van der Waals surface area contributed by atoms with Crippen LogP contribution in [-0.4, -0.2) is 18.7 Å². The van der Waals surface area contributed by atoms with Crippen molar-refractivity contribution in [3.8, 4) is 5.75 Å². The average Bonchev–Trinajstić information content (AvgIpc) is 2.21. The van der Waals surface area contributed by atoms with Crippen molar-refractivity contribution in [3.05, 3.63) is 35.4 Å². The van der Waals surface area contributed by atoms with Gasteiger partial charge in [0.25, 0.3) is 0 Å². The Balaban J connectivity index is 2.74. The van der Waals surface area contributed by atoms with Crippen LogP contribution in [0, 0.1) is 11.6 Å². The maximum absolute atomic E-state index is 12.8. The molecule has 15 heavy (non-hydrogen) atoms. The Kier molecular flexibility index (Phi) is 4.24. The van der Waals surface area contributed by atoms with Crippen molar-refractivity contribution in [2.24, 2.45) is 0 Å². The highest BCUT2D eigenvalue weighted by atomic mass is 19.2. The number of rotatable bonds is 4. The second kappa shape index (κ2) is 5.46. The summed E-state index contributed by atoms with van der Waals surface area (Å²) in [5.74, 6) is -2.91. The Morgan fingerprint density at radius 1 is 1.40 bits per heavy atom. The van der Waals surface area contributed by atoms with E-state index in [-0.39, 0.29) is 0 Å². The van der Waals surface area contributed by atoms with Crippen LogP contribution in [-0.2, 0) is 0 Å². The summed E-state index contributed by atoms with van der Waals surface area (Å²) in [6.07, 6.45) is 4.25. The third-order valence-electron chi connectivity index (χ3n) is 1.90. The normalized spacial score (nSPS) is 11.1. The minimum atomic E-state index is -1.21. The van der Waals surface area contributed by atoms with E-state index >= 15 is 0 Å². The van der Waals surface area contributed by atoms with Gasteiger partial charge in [0.05, 0.1) is 0 Å². The van der Waals surface area contributed by atoms with Gasteiger partial charge in [-0.05, 0) is 37.7 Å². The summed E-state index contributed by atoms with van der Waals surface area (Å²) in [6.45, 7) is 0.812. The third kappa shape index (κ3) is 3.32. The summed E-state index contributed by atoms with van der Waals surface area (Å²) in [6, 6.07) is 2.24. The zero-order chi connectivity index (χ0) is 11.3. The highest BCUT2D eigenvalue weighted by Gasteiger charge is 2.07. The Bertz CT molecular complexity index is 341. The van der Waals surface area contributed by atoms with Crippen molar-refractivity contribution in [2.45, 2.75) is 6.42 Å². The molecule has 1 aromatic carbocycles. The molecule has 0 aromatic heterocycles. The quantitative estimate of drug-likeness (QED) is 0.752. The molecule has 4 heteroatoms. The lowest BCUT2D eigenvalue weighted by molar-refractivity contribution is 0.407. The average molecular weight is 213 g/mol. The maximum Gasteiger partial charge on any atom is 0.200 e. The number of nitrogens with one attached hydrogen (secondary N) is 1. The largest absolute Gasteiger partial charge is 0.505 e. The molecule has 0 amide bonds. The van der Waals surface area contributed by atoms with Crippen molar-refractivity contribution in [3.63, 3.8) is 0 Å². The van der Waals surface area contributed by atoms with E-state index in [1.165, 1.54) is 6.07 Å². The molecule has 0 bridgehead atoms. The number of phenols is 1. The Labute approximate surface area is 87.2 Å². The van der Waals surface area contributed by atoms with Gasteiger partial charge in [-0.2, -0.15) is 4.39 Å². The van der Waals surface area contributed by atoms with Gasteiger partial charge in [-0.1, -0.05) is 12.2 Å². The number of halogens is 2. The van der Waals surface area contributed by atoms with Crippen molar-refractivity contribution < 1.29 is 13.9 Å². The predicted octanol–water partition coefficient (Wildman–Crippen LogP) is 2.29. The van der Waals surface area contributed by atoms with Crippen LogP contribution < -0.4 is 5.32 Å². The second-order valence-electron chi connectivity index (χ2n) is 3.13. The fourth-order valence-electron chi connectivity index (χ4n) is 1.14. The standard InChI is InChI=1S/C11H13F2NO/c1-14-5-3-2-4-8-6-9(12)11(13)10(15)7-8/h2,4,6-7,14-15H,3,5H2,1H3. The first-order valence-corrected chi connectivity index (χ1v) is 4.64. The summed E-state index contributed by atoms with van der Waals surface area (Å²) in [4.78, 5) is 0. The number of benzene rings is 1. The van der Waals surface area contributed by atoms with Crippen LogP contribution in [0.2, 0.25) is 0 Å². The molecule has 0 atom stereocenters. The van der Waals surface area contributed by atoms with Crippen LogP contribution in [0.4, 0.5) is 8.78 Å². The molecule has 0 fully saturated rings. The highest BCUT2D eigenvalue weighted by molar-refractivity contribution is 5.52. The van der Waals surface area contributed by atoms with Gasteiger partial charge in [-0.25, -0.2) is 4.39 Å². The molecule has 0 saturated heterocycles. The van der Waals surface area contributed by atoms with Gasteiger partial charge in [-0.15, -0.1) is 0 Å². The monoisotopic (exact) mass is 213 g/mol. The van der Waals surface area contributed by atoms with Crippen molar-refractivity contribution in [1.82, 2.24) is 5.32 Å². The fraction of sp³-hybridized carbons (Fsp3) is 0.273. The van der Waals surface area contributed by atoms with Crippen LogP contribution >= 0.6 is 0 Å². The Morgan fingerprint density at radius 2 is 2.13 bits per heavy atom. The molecule has 0 aliphatic carbocycles. The number of hydrogen-bond acceptors (Lipinski definition) is 2. The molecule has 0 unspecified atom stereocenters. The Hall–Kier alpha value is -1.42. The molecule has 1 rings (SSSR count). The molecule has 2 nitrogen and oxygen atoms in total. The van der Waals surface area contributed by atoms with Crippen LogP contribution in [0.15, 0.2) is 18.2 Å². The summed E-state index contributed by atoms with van der Waals surface area (Å²) in [5.41, 5.74) is 0.447. The second-order valence-corrected chi connectivity index (χ2v) is 3.13. The summed E-state index contributed by atoms with van der Waals surface area (Å²) >= 11 is 0. The van der Waals surface area contributed by atoms with Crippen molar-refractivity contribution in [1.29, 1.82) is 0 Å². The molecule has 2 N–H and O–H groups in total. The van der Waals surface area contributed by atoms with Gasteiger partial charge in [0.15, 0.2) is 17.4 Å². The van der Waals surface area contributed by atoms with E-state index < -0.39 is 17.4 Å². The molecule has 0 spiro atoms. The minimum absolute atomic E-state index is 0.447. The number of phenolic OH excluding ortho intramolecular Hbond substituents is 1. The summed E-state index contributed by atoms with van der Waals surface area (Å²) in [7, 11) is 1.83. The summed E-state index contributed by atoms with van der Waals surface area (Å²) < 4.78 is 25.5. The minimum Gasteiger partial charge on any atom is -0.505 e. The fourth-order valence-corrected chi connectivity index (χ4v) is 1.14. The maximum atomic E-state index is 12.8. The zero-order valence-corrected chi connectivity index (χ0v) is 8.43. The topological polar surface area (TPSA) is 32.3 Å². The van der Waals surface area contributed by atoms with E-state index in [4.69, 9.17) is 5.11 Å². The predicted molar refractivity (Wildman–Crippen MR) is 55.6 cm³/mol. The van der Waals surface area contributed by atoms with E-state index in [1.54, 1.807) is 6.08 Å². The molecule has 0 saturated carbocycles. The van der Waals surface area contributed by atoms with Gasteiger partial charge < -0.3 is 10.4 Å². The number of hydrogen-bond donors (Lipinski definition) is 2. The lowest BCUT2D eigenvalue weighted by Crippen LogP contribution is -2.05. The van der Waals surface area contributed by atoms with E-state index in [2.05, 4.69) is 5.32 Å². The lowest BCUT2D eigenvalue weighted by Gasteiger charge is -1.99. The molecule has 0 aliphatic rings.